The van der Waals surface area contributed by atoms with Crippen LogP contribution in [-0.2, 0) is 10.2 Å². The zero-order valence-electron chi connectivity index (χ0n) is 15.4. The molecule has 0 aliphatic carbocycles. The molecule has 1 aliphatic rings. The predicted octanol–water partition coefficient (Wildman–Crippen LogP) is 4.19. The molecule has 3 aromatic rings. The Morgan fingerprint density at radius 3 is 2.59 bits per heavy atom. The van der Waals surface area contributed by atoms with Gasteiger partial charge in [0.05, 0.1) is 15.8 Å². The zero-order chi connectivity index (χ0) is 19.2. The molecule has 5 nitrogen and oxygen atoms in total. The summed E-state index contributed by atoms with van der Waals surface area (Å²) in [5, 5.41) is 6.47. The lowest BCUT2D eigenvalue weighted by molar-refractivity contribution is -0.114. The maximum Gasteiger partial charge on any atom is 0.284 e. The number of hydrogen-bond donors (Lipinski definition) is 1. The fourth-order valence-corrected chi connectivity index (χ4v) is 3.91. The number of benzene rings is 2. The molecule has 0 radical (unpaired) electrons. The van der Waals surface area contributed by atoms with Gasteiger partial charge < -0.3 is 5.73 Å². The van der Waals surface area contributed by atoms with Crippen LogP contribution in [0.5, 0.6) is 0 Å². The van der Waals surface area contributed by atoms with Crippen molar-refractivity contribution in [3.05, 3.63) is 71.4 Å². The van der Waals surface area contributed by atoms with Gasteiger partial charge in [0.2, 0.25) is 5.13 Å². The van der Waals surface area contributed by atoms with Gasteiger partial charge in [0, 0.05) is 11.8 Å². The Balaban J connectivity index is 1.80. The summed E-state index contributed by atoms with van der Waals surface area (Å²) in [5.41, 5.74) is 9.64. The molecule has 2 aromatic carbocycles. The molecule has 0 saturated heterocycles. The lowest BCUT2D eigenvalue weighted by atomic mass is 9.85. The van der Waals surface area contributed by atoms with Crippen molar-refractivity contribution in [2.75, 3.05) is 5.01 Å². The Kier molecular flexibility index (Phi) is 4.08. The second kappa shape index (κ2) is 6.32. The van der Waals surface area contributed by atoms with Crippen molar-refractivity contribution >= 4 is 38.3 Å². The molecule has 0 atom stereocenters. The smallest absolute Gasteiger partial charge is 0.284 e. The number of nitrogens with zero attached hydrogens (tertiary/aromatic N) is 3. The monoisotopic (exact) mass is 376 g/mol. The van der Waals surface area contributed by atoms with Gasteiger partial charge in [0.25, 0.3) is 5.91 Å². The molecule has 2 N–H and O–H groups in total. The van der Waals surface area contributed by atoms with E-state index in [2.05, 4.69) is 43.0 Å². The van der Waals surface area contributed by atoms with Crippen molar-refractivity contribution in [1.29, 1.82) is 0 Å². The standard InChI is InChI=1S/C21H20N4OS/c1-21(2,3)14-8-6-7-13(11-14)18-15(12-22)19(26)25(24-18)20-23-16-9-4-5-10-17(16)27-20/h4-12H,22H2,1-3H3/b15-12+. The molecule has 27 heavy (non-hydrogen) atoms. The van der Waals surface area contributed by atoms with Crippen molar-refractivity contribution < 1.29 is 4.79 Å². The number of hydrogen-bond acceptors (Lipinski definition) is 5. The zero-order valence-corrected chi connectivity index (χ0v) is 16.2. The van der Waals surface area contributed by atoms with Crippen LogP contribution >= 0.6 is 11.3 Å². The molecular weight excluding hydrogens is 356 g/mol. The number of fused-ring (bicyclic) bond motifs is 1. The summed E-state index contributed by atoms with van der Waals surface area (Å²) in [6, 6.07) is 15.9. The van der Waals surface area contributed by atoms with Gasteiger partial charge in [-0.3, -0.25) is 4.79 Å². The lowest BCUT2D eigenvalue weighted by Crippen LogP contribution is -2.22. The third kappa shape index (κ3) is 3.02. The first kappa shape index (κ1) is 17.4. The first-order chi connectivity index (χ1) is 12.9. The summed E-state index contributed by atoms with van der Waals surface area (Å²) < 4.78 is 1.01. The van der Waals surface area contributed by atoms with Crippen LogP contribution in [0.4, 0.5) is 5.13 Å². The van der Waals surface area contributed by atoms with E-state index < -0.39 is 0 Å². The van der Waals surface area contributed by atoms with Crippen molar-refractivity contribution in [1.82, 2.24) is 4.98 Å². The number of carbonyl (C=O) groups excluding carboxylic acids is 1. The van der Waals surface area contributed by atoms with Gasteiger partial charge in [-0.05, 0) is 29.2 Å². The highest BCUT2D eigenvalue weighted by Crippen LogP contribution is 2.33. The topological polar surface area (TPSA) is 71.6 Å². The Labute approximate surface area is 161 Å². The highest BCUT2D eigenvalue weighted by molar-refractivity contribution is 7.22. The Hall–Kier alpha value is -2.99. The largest absolute Gasteiger partial charge is 0.404 e. The number of hydrazone groups is 1. The minimum atomic E-state index is -0.257. The lowest BCUT2D eigenvalue weighted by Gasteiger charge is -2.19. The summed E-state index contributed by atoms with van der Waals surface area (Å²) >= 11 is 1.43. The summed E-state index contributed by atoms with van der Waals surface area (Å²) in [6.07, 6.45) is 1.33. The maximum absolute atomic E-state index is 12.9. The average molecular weight is 376 g/mol. The van der Waals surface area contributed by atoms with Gasteiger partial charge in [-0.1, -0.05) is 62.4 Å². The predicted molar refractivity (Wildman–Crippen MR) is 111 cm³/mol. The molecule has 0 unspecified atom stereocenters. The van der Waals surface area contributed by atoms with Crippen LogP contribution in [0.15, 0.2) is 65.4 Å². The number of amides is 1. The molecule has 4 rings (SSSR count). The normalized spacial score (nSPS) is 16.4. The highest BCUT2D eigenvalue weighted by atomic mass is 32.1. The number of rotatable bonds is 2. The molecule has 0 spiro atoms. The van der Waals surface area contributed by atoms with Crippen LogP contribution < -0.4 is 10.7 Å². The molecular formula is C21H20N4OS. The van der Waals surface area contributed by atoms with E-state index in [1.54, 1.807) is 0 Å². The molecule has 2 heterocycles. The molecule has 136 valence electrons. The summed E-state index contributed by atoms with van der Waals surface area (Å²) in [7, 11) is 0. The van der Waals surface area contributed by atoms with E-state index in [-0.39, 0.29) is 11.3 Å². The fourth-order valence-electron chi connectivity index (χ4n) is 2.99. The molecule has 0 saturated carbocycles. The van der Waals surface area contributed by atoms with Gasteiger partial charge in [-0.15, -0.1) is 0 Å². The number of thiazole rings is 1. The minimum Gasteiger partial charge on any atom is -0.404 e. The Bertz CT molecular complexity index is 1070. The Morgan fingerprint density at radius 1 is 1.11 bits per heavy atom. The first-order valence-electron chi connectivity index (χ1n) is 8.70. The molecule has 0 fully saturated rings. The van der Waals surface area contributed by atoms with Gasteiger partial charge in [-0.25, -0.2) is 4.98 Å². The van der Waals surface area contributed by atoms with Gasteiger partial charge in [-0.2, -0.15) is 10.1 Å². The molecule has 6 heteroatoms. The second-order valence-electron chi connectivity index (χ2n) is 7.44. The van der Waals surface area contributed by atoms with Crippen molar-refractivity contribution in [3.8, 4) is 0 Å². The van der Waals surface area contributed by atoms with E-state index in [0.29, 0.717) is 16.4 Å². The number of nitrogens with two attached hydrogens (primary N) is 1. The SMILES string of the molecule is CC(C)(C)c1cccc(C2=NN(c3nc4ccccc4s3)C(=O)/C2=C/N)c1. The van der Waals surface area contributed by atoms with E-state index in [1.807, 2.05) is 36.4 Å². The molecule has 1 aliphatic heterocycles. The van der Waals surface area contributed by atoms with Crippen molar-refractivity contribution in [2.45, 2.75) is 26.2 Å². The number of para-hydroxylation sites is 1. The Morgan fingerprint density at radius 2 is 1.89 bits per heavy atom. The highest BCUT2D eigenvalue weighted by Gasteiger charge is 2.34. The van der Waals surface area contributed by atoms with E-state index >= 15 is 0 Å². The number of aromatic nitrogens is 1. The third-order valence-corrected chi connectivity index (χ3v) is 5.52. The molecule has 0 bridgehead atoms. The van der Waals surface area contributed by atoms with Crippen molar-refractivity contribution in [3.63, 3.8) is 0 Å². The second-order valence-corrected chi connectivity index (χ2v) is 8.45. The minimum absolute atomic E-state index is 0.00149. The van der Waals surface area contributed by atoms with E-state index in [0.717, 1.165) is 15.8 Å². The summed E-state index contributed by atoms with van der Waals surface area (Å²) in [6.45, 7) is 6.46. The molecule has 1 aromatic heterocycles. The quantitative estimate of drug-likeness (QED) is 0.682. The van der Waals surface area contributed by atoms with E-state index in [4.69, 9.17) is 5.73 Å². The van der Waals surface area contributed by atoms with Gasteiger partial charge in [0.1, 0.15) is 5.71 Å². The molecule has 1 amide bonds. The average Bonchev–Trinajstić information content (AvgIpc) is 3.21. The summed E-state index contributed by atoms with van der Waals surface area (Å²) in [5.74, 6) is -0.257. The van der Waals surface area contributed by atoms with Gasteiger partial charge in [0.15, 0.2) is 0 Å². The van der Waals surface area contributed by atoms with Crippen LogP contribution in [0, 0.1) is 0 Å². The van der Waals surface area contributed by atoms with Crippen LogP contribution in [0.3, 0.4) is 0 Å². The maximum atomic E-state index is 12.9. The van der Waals surface area contributed by atoms with E-state index in [9.17, 15) is 4.79 Å². The number of anilines is 1. The van der Waals surface area contributed by atoms with Crippen molar-refractivity contribution in [2.24, 2.45) is 10.8 Å². The van der Waals surface area contributed by atoms with Crippen LogP contribution in [0.1, 0.15) is 31.9 Å². The summed E-state index contributed by atoms with van der Waals surface area (Å²) in [4.78, 5) is 17.5. The first-order valence-corrected chi connectivity index (χ1v) is 9.52. The van der Waals surface area contributed by atoms with Crippen LogP contribution in [0.25, 0.3) is 10.2 Å². The number of carbonyl (C=O) groups is 1. The fraction of sp³-hybridized carbons (Fsp3) is 0.190. The van der Waals surface area contributed by atoms with E-state index in [1.165, 1.54) is 28.1 Å². The van der Waals surface area contributed by atoms with Crippen LogP contribution in [0.2, 0.25) is 0 Å². The third-order valence-electron chi connectivity index (χ3n) is 4.51. The van der Waals surface area contributed by atoms with Gasteiger partial charge >= 0.3 is 0 Å². The van der Waals surface area contributed by atoms with Crippen LogP contribution in [-0.4, -0.2) is 16.6 Å².